The van der Waals surface area contributed by atoms with Crippen LogP contribution in [0.2, 0.25) is 0 Å². The van der Waals surface area contributed by atoms with E-state index < -0.39 is 23.3 Å². The summed E-state index contributed by atoms with van der Waals surface area (Å²) in [5.74, 6) is -0.932. The number of hydrogen-bond donors (Lipinski definition) is 1. The van der Waals surface area contributed by atoms with Crippen molar-refractivity contribution in [2.24, 2.45) is 0 Å². The van der Waals surface area contributed by atoms with Crippen LogP contribution in [0, 0.1) is 11.6 Å². The second-order valence-corrected chi connectivity index (χ2v) is 13.8. The lowest BCUT2D eigenvalue weighted by molar-refractivity contribution is 0.0222. The minimum absolute atomic E-state index is 0.218. The lowest BCUT2D eigenvalue weighted by Crippen LogP contribution is -2.40. The number of phenolic OH excluding ortho intramolecular Hbond substituents is 1. The molecule has 7 rings (SSSR count). The Labute approximate surface area is 286 Å². The summed E-state index contributed by atoms with van der Waals surface area (Å²) in [5.41, 5.74) is 5.29. The van der Waals surface area contributed by atoms with Crippen LogP contribution in [0.4, 0.5) is 13.6 Å². The van der Waals surface area contributed by atoms with Crippen molar-refractivity contribution in [3.63, 3.8) is 0 Å². The van der Waals surface area contributed by atoms with E-state index in [0.717, 1.165) is 33.0 Å². The van der Waals surface area contributed by atoms with Crippen LogP contribution in [-0.4, -0.2) is 38.2 Å². The predicted molar refractivity (Wildman–Crippen MR) is 186 cm³/mol. The minimum atomic E-state index is -0.635. The zero-order valence-corrected chi connectivity index (χ0v) is 28.0. The lowest BCUT2D eigenvalue weighted by atomic mass is 9.94. The zero-order chi connectivity index (χ0) is 34.3. The van der Waals surface area contributed by atoms with Crippen LogP contribution >= 0.6 is 11.3 Å². The Morgan fingerprint density at radius 1 is 0.959 bits per heavy atom. The molecule has 248 valence electrons. The molecule has 1 amide bonds. The van der Waals surface area contributed by atoms with E-state index in [9.17, 15) is 18.7 Å². The Kier molecular flexibility index (Phi) is 8.50. The number of benzene rings is 3. The predicted octanol–water partition coefficient (Wildman–Crippen LogP) is 9.55. The number of aromatic nitrogens is 2. The van der Waals surface area contributed by atoms with Crippen molar-refractivity contribution in [2.75, 3.05) is 6.54 Å². The van der Waals surface area contributed by atoms with Gasteiger partial charge in [-0.15, -0.1) is 11.3 Å². The molecule has 1 aliphatic rings. The third kappa shape index (κ3) is 6.69. The summed E-state index contributed by atoms with van der Waals surface area (Å²) in [5, 5.41) is 13.5. The van der Waals surface area contributed by atoms with E-state index in [-0.39, 0.29) is 12.4 Å². The monoisotopic (exact) mass is 677 g/mol. The average molecular weight is 678 g/mol. The molecule has 0 aliphatic carbocycles. The average Bonchev–Trinajstić information content (AvgIpc) is 3.56. The molecule has 49 heavy (non-hydrogen) atoms. The number of rotatable bonds is 6. The summed E-state index contributed by atoms with van der Waals surface area (Å²) in [6.07, 6.45) is 1.90. The van der Waals surface area contributed by atoms with Gasteiger partial charge in [0.2, 0.25) is 0 Å². The fraction of sp³-hybridized carbons (Fsp3) is 0.205. The summed E-state index contributed by atoms with van der Waals surface area (Å²) in [6.45, 7) is 6.50. The largest absolute Gasteiger partial charge is 0.507 e. The highest BCUT2D eigenvalue weighted by molar-refractivity contribution is 7.18. The Balaban J connectivity index is 1.41. The summed E-state index contributed by atoms with van der Waals surface area (Å²) in [6, 6.07) is 21.8. The summed E-state index contributed by atoms with van der Waals surface area (Å²) >= 11 is 1.47. The zero-order valence-electron chi connectivity index (χ0n) is 27.2. The van der Waals surface area contributed by atoms with E-state index in [1.54, 1.807) is 17.2 Å². The number of hydrogen-bond acceptors (Lipinski definition) is 7. The molecule has 0 fully saturated rings. The summed E-state index contributed by atoms with van der Waals surface area (Å²) in [4.78, 5) is 24.6. The second-order valence-electron chi connectivity index (χ2n) is 12.9. The van der Waals surface area contributed by atoms with Crippen LogP contribution in [0.5, 0.6) is 11.5 Å². The molecule has 6 aromatic rings. The van der Waals surface area contributed by atoms with Gasteiger partial charge >= 0.3 is 6.09 Å². The van der Waals surface area contributed by atoms with Gasteiger partial charge in [-0.25, -0.2) is 18.6 Å². The van der Waals surface area contributed by atoms with Gasteiger partial charge in [-0.3, -0.25) is 4.98 Å². The maximum Gasteiger partial charge on any atom is 0.410 e. The molecule has 0 saturated heterocycles. The fourth-order valence-electron chi connectivity index (χ4n) is 5.99. The van der Waals surface area contributed by atoms with Crippen LogP contribution < -0.4 is 4.74 Å². The highest BCUT2D eigenvalue weighted by atomic mass is 32.1. The lowest BCUT2D eigenvalue weighted by Gasteiger charge is -2.31. The highest BCUT2D eigenvalue weighted by Crippen LogP contribution is 2.47. The number of phenols is 1. The molecular weight excluding hydrogens is 645 g/mol. The molecule has 3 aromatic heterocycles. The first-order chi connectivity index (χ1) is 23.5. The summed E-state index contributed by atoms with van der Waals surface area (Å²) < 4.78 is 41.6. The molecule has 3 aromatic carbocycles. The third-order valence-electron chi connectivity index (χ3n) is 8.24. The molecule has 10 heteroatoms. The van der Waals surface area contributed by atoms with Crippen LogP contribution in [0.1, 0.15) is 37.6 Å². The van der Waals surface area contributed by atoms with E-state index in [2.05, 4.69) is 0 Å². The van der Waals surface area contributed by atoms with Crippen molar-refractivity contribution in [1.82, 2.24) is 14.9 Å². The van der Waals surface area contributed by atoms with Gasteiger partial charge in [0.15, 0.2) is 0 Å². The van der Waals surface area contributed by atoms with Crippen LogP contribution in [0.3, 0.4) is 0 Å². The first-order valence-corrected chi connectivity index (χ1v) is 16.7. The van der Waals surface area contributed by atoms with Crippen molar-refractivity contribution < 1.29 is 28.2 Å². The van der Waals surface area contributed by atoms with Crippen molar-refractivity contribution in [2.45, 2.75) is 45.9 Å². The van der Waals surface area contributed by atoms with E-state index in [4.69, 9.17) is 19.4 Å². The number of ether oxygens (including phenoxy) is 2. The van der Waals surface area contributed by atoms with Gasteiger partial charge in [0, 0.05) is 69.3 Å². The quantitative estimate of drug-likeness (QED) is 0.189. The molecule has 4 heterocycles. The van der Waals surface area contributed by atoms with E-state index in [1.165, 1.54) is 35.6 Å². The molecule has 0 saturated carbocycles. The number of halogens is 2. The molecule has 1 N–H and O–H groups in total. The van der Waals surface area contributed by atoms with Crippen molar-refractivity contribution in [3.05, 3.63) is 119 Å². The number of amides is 1. The Bertz CT molecular complexity index is 2200. The van der Waals surface area contributed by atoms with E-state index in [1.807, 2.05) is 68.6 Å². The second kappa shape index (κ2) is 12.9. The van der Waals surface area contributed by atoms with Gasteiger partial charge in [0.1, 0.15) is 35.3 Å². The smallest absolute Gasteiger partial charge is 0.410 e. The molecule has 0 atom stereocenters. The first-order valence-electron chi connectivity index (χ1n) is 15.9. The van der Waals surface area contributed by atoms with E-state index >= 15 is 0 Å². The Morgan fingerprint density at radius 2 is 1.71 bits per heavy atom. The number of fused-ring (bicyclic) bond motifs is 2. The molecule has 1 aliphatic heterocycles. The fourth-order valence-corrected chi connectivity index (χ4v) is 6.95. The maximum atomic E-state index is 14.8. The standard InChI is InChI=1S/C39H33F2N3O4S/c1-39(2,3)48-38(46)44-15-13-31-25(21-44)17-24(20-42-31)35-34(29-12-10-27(41)19-33(29)47-22-23-7-5-4-6-8-23)37-30(14-16-49-37)36(43-35)28-11-9-26(40)18-32(28)45/h4-12,14,16-20,45H,13,15,21-22H2,1-3H3. The van der Waals surface area contributed by atoms with Crippen molar-refractivity contribution in [3.8, 4) is 45.1 Å². The van der Waals surface area contributed by atoms with Gasteiger partial charge < -0.3 is 19.5 Å². The molecular formula is C39H33F2N3O4S. The van der Waals surface area contributed by atoms with E-state index in [0.29, 0.717) is 58.9 Å². The SMILES string of the molecule is CC(C)(C)OC(=O)N1CCc2ncc(-c3nc(-c4ccc(F)cc4O)c4ccsc4c3-c3ccc(F)cc3OCc3ccccc3)cc2C1. The molecule has 0 unspecified atom stereocenters. The first kappa shape index (κ1) is 32.2. The molecule has 0 radical (unpaired) electrons. The highest BCUT2D eigenvalue weighted by Gasteiger charge is 2.28. The normalized spacial score (nSPS) is 13.0. The van der Waals surface area contributed by atoms with Crippen LogP contribution in [-0.2, 0) is 24.3 Å². The van der Waals surface area contributed by atoms with Crippen molar-refractivity contribution in [1.29, 1.82) is 0 Å². The molecule has 0 spiro atoms. The Hall–Kier alpha value is -5.35. The maximum absolute atomic E-state index is 14.8. The van der Waals surface area contributed by atoms with Gasteiger partial charge in [0.25, 0.3) is 0 Å². The van der Waals surface area contributed by atoms with Crippen LogP contribution in [0.15, 0.2) is 90.4 Å². The van der Waals surface area contributed by atoms with Gasteiger partial charge in [-0.05, 0) is 73.7 Å². The number of pyridine rings is 2. The minimum Gasteiger partial charge on any atom is -0.507 e. The van der Waals surface area contributed by atoms with Crippen LogP contribution in [0.25, 0.3) is 43.7 Å². The molecule has 0 bridgehead atoms. The number of carbonyl (C=O) groups is 1. The topological polar surface area (TPSA) is 84.8 Å². The van der Waals surface area contributed by atoms with Gasteiger partial charge in [0.05, 0.1) is 17.9 Å². The summed E-state index contributed by atoms with van der Waals surface area (Å²) in [7, 11) is 0. The van der Waals surface area contributed by atoms with Gasteiger partial charge in [-0.1, -0.05) is 30.3 Å². The van der Waals surface area contributed by atoms with Crippen molar-refractivity contribution >= 4 is 27.5 Å². The number of thiophene rings is 1. The Morgan fingerprint density at radius 3 is 2.47 bits per heavy atom. The third-order valence-corrected chi connectivity index (χ3v) is 9.17. The number of aromatic hydroxyl groups is 1. The number of carbonyl (C=O) groups excluding carboxylic acids is 1. The molecule has 7 nitrogen and oxygen atoms in total. The number of nitrogens with zero attached hydrogens (tertiary/aromatic N) is 3. The van der Waals surface area contributed by atoms with Gasteiger partial charge in [-0.2, -0.15) is 0 Å².